The van der Waals surface area contributed by atoms with Crippen molar-refractivity contribution in [3.05, 3.63) is 28.8 Å². The Kier molecular flexibility index (Phi) is 4.40. The Morgan fingerprint density at radius 3 is 3.06 bits per heavy atom. The number of anilines is 1. The Labute approximate surface area is 117 Å². The molecule has 18 heavy (non-hydrogen) atoms. The summed E-state index contributed by atoms with van der Waals surface area (Å²) in [7, 11) is 0. The van der Waals surface area contributed by atoms with Gasteiger partial charge in [-0.25, -0.2) is 0 Å². The molecule has 3 nitrogen and oxygen atoms in total. The Bertz CT molecular complexity index is 453. The average molecular weight is 285 g/mol. The molecule has 1 aromatic carbocycles. The lowest BCUT2D eigenvalue weighted by Crippen LogP contribution is -2.42. The Balaban J connectivity index is 2.15. The molecule has 98 valence electrons. The van der Waals surface area contributed by atoms with Gasteiger partial charge < -0.3 is 10.6 Å². The molecular formula is C13H17ClN2OS. The number of carbonyl (C=O) groups is 1. The van der Waals surface area contributed by atoms with E-state index in [-0.39, 0.29) is 5.91 Å². The highest BCUT2D eigenvalue weighted by Crippen LogP contribution is 2.25. The summed E-state index contributed by atoms with van der Waals surface area (Å²) in [6, 6.07) is 5.05. The molecule has 0 aliphatic carbocycles. The van der Waals surface area contributed by atoms with E-state index in [4.69, 9.17) is 17.3 Å². The Morgan fingerprint density at radius 1 is 1.61 bits per heavy atom. The van der Waals surface area contributed by atoms with E-state index in [1.807, 2.05) is 16.7 Å². The topological polar surface area (TPSA) is 46.3 Å². The molecule has 1 aliphatic rings. The molecule has 1 aromatic rings. The number of benzene rings is 1. The van der Waals surface area contributed by atoms with Crippen molar-refractivity contribution in [2.75, 3.05) is 24.6 Å². The second-order valence-electron chi connectivity index (χ2n) is 4.38. The molecular weight excluding hydrogens is 268 g/mol. The van der Waals surface area contributed by atoms with Gasteiger partial charge in [0.15, 0.2) is 0 Å². The summed E-state index contributed by atoms with van der Waals surface area (Å²) < 4.78 is 0. The Hall–Kier alpha value is -0.870. The van der Waals surface area contributed by atoms with Crippen LogP contribution in [0.4, 0.5) is 5.69 Å². The van der Waals surface area contributed by atoms with Gasteiger partial charge in [0, 0.05) is 34.8 Å². The lowest BCUT2D eigenvalue weighted by molar-refractivity contribution is 0.0762. The second-order valence-corrected chi connectivity index (χ2v) is 6.23. The number of thioether (sulfide) groups is 1. The SMILES string of the molecule is CCC1CN(C(=O)c2ccc(Cl)cc2N)CCS1. The third-order valence-electron chi connectivity index (χ3n) is 3.13. The molecule has 1 atom stereocenters. The number of rotatable bonds is 2. The van der Waals surface area contributed by atoms with Crippen molar-refractivity contribution in [2.24, 2.45) is 0 Å². The maximum absolute atomic E-state index is 12.4. The van der Waals surface area contributed by atoms with E-state index in [0.717, 1.165) is 25.3 Å². The summed E-state index contributed by atoms with van der Waals surface area (Å²) in [6.07, 6.45) is 1.09. The van der Waals surface area contributed by atoms with E-state index in [1.54, 1.807) is 18.2 Å². The number of hydrogen-bond acceptors (Lipinski definition) is 3. The fourth-order valence-electron chi connectivity index (χ4n) is 2.05. The molecule has 5 heteroatoms. The van der Waals surface area contributed by atoms with Crippen molar-refractivity contribution < 1.29 is 4.79 Å². The van der Waals surface area contributed by atoms with Crippen molar-refractivity contribution in [3.63, 3.8) is 0 Å². The monoisotopic (exact) mass is 284 g/mol. The molecule has 2 rings (SSSR count). The lowest BCUT2D eigenvalue weighted by atomic mass is 10.1. The maximum Gasteiger partial charge on any atom is 0.256 e. The van der Waals surface area contributed by atoms with E-state index < -0.39 is 0 Å². The van der Waals surface area contributed by atoms with Crippen LogP contribution in [0.5, 0.6) is 0 Å². The number of halogens is 1. The van der Waals surface area contributed by atoms with Crippen LogP contribution in [-0.4, -0.2) is 34.9 Å². The van der Waals surface area contributed by atoms with E-state index in [0.29, 0.717) is 21.5 Å². The highest BCUT2D eigenvalue weighted by atomic mass is 35.5. The minimum absolute atomic E-state index is 0.0166. The van der Waals surface area contributed by atoms with Crippen molar-refractivity contribution in [1.29, 1.82) is 0 Å². The zero-order valence-electron chi connectivity index (χ0n) is 10.4. The van der Waals surface area contributed by atoms with Crippen LogP contribution in [-0.2, 0) is 0 Å². The predicted molar refractivity (Wildman–Crippen MR) is 78.3 cm³/mol. The third kappa shape index (κ3) is 2.93. The molecule has 0 radical (unpaired) electrons. The molecule has 1 aliphatic heterocycles. The van der Waals surface area contributed by atoms with Crippen LogP contribution >= 0.6 is 23.4 Å². The number of nitrogen functional groups attached to an aromatic ring is 1. The van der Waals surface area contributed by atoms with Gasteiger partial charge in [-0.1, -0.05) is 18.5 Å². The molecule has 1 amide bonds. The van der Waals surface area contributed by atoms with Crippen LogP contribution in [0.1, 0.15) is 23.7 Å². The summed E-state index contributed by atoms with van der Waals surface area (Å²) in [4.78, 5) is 14.3. The first-order valence-corrected chi connectivity index (χ1v) is 7.50. The van der Waals surface area contributed by atoms with Gasteiger partial charge in [0.25, 0.3) is 5.91 Å². The number of amides is 1. The van der Waals surface area contributed by atoms with Crippen LogP contribution in [0.3, 0.4) is 0 Å². The van der Waals surface area contributed by atoms with Gasteiger partial charge in [0.1, 0.15) is 0 Å². The largest absolute Gasteiger partial charge is 0.398 e. The number of nitrogens with zero attached hydrogens (tertiary/aromatic N) is 1. The molecule has 2 N–H and O–H groups in total. The predicted octanol–water partition coefficient (Wildman–Crippen LogP) is 2.89. The third-order valence-corrected chi connectivity index (χ3v) is 4.73. The van der Waals surface area contributed by atoms with Crippen molar-refractivity contribution in [1.82, 2.24) is 4.90 Å². The minimum atomic E-state index is 0.0166. The van der Waals surface area contributed by atoms with Gasteiger partial charge in [-0.05, 0) is 24.6 Å². The first kappa shape index (κ1) is 13.6. The van der Waals surface area contributed by atoms with E-state index >= 15 is 0 Å². The van der Waals surface area contributed by atoms with Gasteiger partial charge >= 0.3 is 0 Å². The molecule has 0 spiro atoms. The molecule has 1 unspecified atom stereocenters. The van der Waals surface area contributed by atoms with Gasteiger partial charge in [-0.2, -0.15) is 11.8 Å². The van der Waals surface area contributed by atoms with Crippen molar-refractivity contribution in [2.45, 2.75) is 18.6 Å². The zero-order valence-corrected chi connectivity index (χ0v) is 11.9. The highest BCUT2D eigenvalue weighted by Gasteiger charge is 2.24. The van der Waals surface area contributed by atoms with Crippen LogP contribution in [0.15, 0.2) is 18.2 Å². The fraction of sp³-hybridized carbons (Fsp3) is 0.462. The van der Waals surface area contributed by atoms with E-state index in [9.17, 15) is 4.79 Å². The standard InChI is InChI=1S/C13H17ClN2OS/c1-2-10-8-16(5-6-18-10)13(17)11-4-3-9(14)7-12(11)15/h3-4,7,10H,2,5-6,8,15H2,1H3. The van der Waals surface area contributed by atoms with E-state index in [1.165, 1.54) is 0 Å². The average Bonchev–Trinajstić information content (AvgIpc) is 2.38. The molecule has 1 heterocycles. The van der Waals surface area contributed by atoms with Crippen LogP contribution in [0.2, 0.25) is 5.02 Å². The summed E-state index contributed by atoms with van der Waals surface area (Å²) in [6.45, 7) is 3.76. The number of nitrogens with two attached hydrogens (primary N) is 1. The molecule has 1 saturated heterocycles. The molecule has 0 saturated carbocycles. The minimum Gasteiger partial charge on any atom is -0.398 e. The lowest BCUT2D eigenvalue weighted by Gasteiger charge is -2.32. The molecule has 1 fully saturated rings. The molecule has 0 bridgehead atoms. The quantitative estimate of drug-likeness (QED) is 0.850. The summed E-state index contributed by atoms with van der Waals surface area (Å²) in [5, 5.41) is 1.10. The van der Waals surface area contributed by atoms with Crippen molar-refractivity contribution in [3.8, 4) is 0 Å². The van der Waals surface area contributed by atoms with Gasteiger partial charge in [0.05, 0.1) is 5.56 Å². The Morgan fingerprint density at radius 2 is 2.39 bits per heavy atom. The van der Waals surface area contributed by atoms with Gasteiger partial charge in [0.2, 0.25) is 0 Å². The normalized spacial score (nSPS) is 19.9. The van der Waals surface area contributed by atoms with Gasteiger partial charge in [-0.3, -0.25) is 4.79 Å². The summed E-state index contributed by atoms with van der Waals surface area (Å²) >= 11 is 7.78. The first-order valence-electron chi connectivity index (χ1n) is 6.07. The molecule has 0 aromatic heterocycles. The number of carbonyl (C=O) groups excluding carboxylic acids is 1. The number of hydrogen-bond donors (Lipinski definition) is 1. The van der Waals surface area contributed by atoms with Crippen LogP contribution in [0.25, 0.3) is 0 Å². The first-order chi connectivity index (χ1) is 8.61. The smallest absolute Gasteiger partial charge is 0.256 e. The maximum atomic E-state index is 12.4. The van der Waals surface area contributed by atoms with Crippen LogP contribution < -0.4 is 5.73 Å². The van der Waals surface area contributed by atoms with E-state index in [2.05, 4.69) is 6.92 Å². The summed E-state index contributed by atoms with van der Waals surface area (Å²) in [5.74, 6) is 1.01. The summed E-state index contributed by atoms with van der Waals surface area (Å²) in [5.41, 5.74) is 6.87. The van der Waals surface area contributed by atoms with Gasteiger partial charge in [-0.15, -0.1) is 0 Å². The van der Waals surface area contributed by atoms with Crippen molar-refractivity contribution >= 4 is 35.0 Å². The highest BCUT2D eigenvalue weighted by molar-refractivity contribution is 8.00. The second kappa shape index (κ2) is 5.85. The zero-order chi connectivity index (χ0) is 13.1. The fourth-order valence-corrected chi connectivity index (χ4v) is 3.41. The van der Waals surface area contributed by atoms with Crippen LogP contribution in [0, 0.1) is 0 Å².